The fourth-order valence-corrected chi connectivity index (χ4v) is 4.65. The van der Waals surface area contributed by atoms with E-state index < -0.39 is 0 Å². The molecule has 2 fully saturated rings. The second-order valence-corrected chi connectivity index (χ2v) is 8.81. The van der Waals surface area contributed by atoms with Crippen LogP contribution in [0.3, 0.4) is 0 Å². The number of nitrogens with zero attached hydrogens (tertiary/aromatic N) is 6. The molecule has 2 aliphatic rings. The summed E-state index contributed by atoms with van der Waals surface area (Å²) in [5.41, 5.74) is 3.54. The van der Waals surface area contributed by atoms with Gasteiger partial charge in [0.1, 0.15) is 17.1 Å². The van der Waals surface area contributed by atoms with Crippen molar-refractivity contribution in [3.05, 3.63) is 51.8 Å². The van der Waals surface area contributed by atoms with Gasteiger partial charge in [-0.15, -0.1) is 5.10 Å². The predicted molar refractivity (Wildman–Crippen MR) is 119 cm³/mol. The number of anilines is 1. The van der Waals surface area contributed by atoms with E-state index >= 15 is 0 Å². The molecular formula is C23H28N6O3. The minimum Gasteiger partial charge on any atom is -0.375 e. The highest BCUT2D eigenvalue weighted by Crippen LogP contribution is 2.35. The van der Waals surface area contributed by atoms with E-state index in [-0.39, 0.29) is 17.7 Å². The molecule has 0 N–H and O–H groups in total. The summed E-state index contributed by atoms with van der Waals surface area (Å²) in [6.45, 7) is 6.59. The van der Waals surface area contributed by atoms with Crippen molar-refractivity contribution in [2.45, 2.75) is 58.1 Å². The number of hydrogen-bond acceptors (Lipinski definition) is 8. The van der Waals surface area contributed by atoms with Gasteiger partial charge < -0.3 is 14.2 Å². The van der Waals surface area contributed by atoms with Crippen LogP contribution in [0, 0.1) is 13.8 Å². The largest absolute Gasteiger partial charge is 0.375 e. The van der Waals surface area contributed by atoms with Crippen molar-refractivity contribution in [1.82, 2.24) is 25.1 Å². The second kappa shape index (κ2) is 8.46. The summed E-state index contributed by atoms with van der Waals surface area (Å²) in [4.78, 5) is 15.1. The van der Waals surface area contributed by atoms with Crippen molar-refractivity contribution in [2.24, 2.45) is 0 Å². The molecule has 0 radical (unpaired) electrons. The maximum absolute atomic E-state index is 12.9. The lowest BCUT2D eigenvalue weighted by molar-refractivity contribution is -0.0920. The summed E-state index contributed by atoms with van der Waals surface area (Å²) in [5, 5.41) is 16.9. The third-order valence-corrected chi connectivity index (χ3v) is 6.66. The first-order valence-electron chi connectivity index (χ1n) is 11.2. The molecule has 9 heteroatoms. The summed E-state index contributed by atoms with van der Waals surface area (Å²) in [5.74, 6) is 0.633. The van der Waals surface area contributed by atoms with Gasteiger partial charge in [0.05, 0.1) is 29.7 Å². The first-order valence-corrected chi connectivity index (χ1v) is 11.2. The lowest BCUT2D eigenvalue weighted by Crippen LogP contribution is -2.48. The van der Waals surface area contributed by atoms with Gasteiger partial charge in [0.25, 0.3) is 5.56 Å². The number of rotatable bonds is 4. The molecule has 32 heavy (non-hydrogen) atoms. The van der Waals surface area contributed by atoms with Crippen LogP contribution in [-0.4, -0.2) is 50.4 Å². The van der Waals surface area contributed by atoms with Gasteiger partial charge in [-0.2, -0.15) is 10.2 Å². The van der Waals surface area contributed by atoms with Crippen molar-refractivity contribution in [2.75, 3.05) is 24.6 Å². The number of hydrogen-bond donors (Lipinski definition) is 0. The van der Waals surface area contributed by atoms with Gasteiger partial charge in [0.15, 0.2) is 0 Å². The maximum atomic E-state index is 12.9. The standard InChI is InChI=1S/C23H28N6O3/c1-16-5-6-20(26-25-16)22-19(17(2)32-27-22)15-29-21(30)13-18(14-24-29)28-10-8-23(9-11-28)7-3-4-12-31-23/h5-6,13-14H,3-4,7-12,15H2,1-2H3. The normalized spacial score (nSPS) is 18.2. The molecule has 0 aliphatic carbocycles. The summed E-state index contributed by atoms with van der Waals surface area (Å²) < 4.78 is 12.9. The van der Waals surface area contributed by atoms with E-state index in [4.69, 9.17) is 9.26 Å². The first kappa shape index (κ1) is 20.8. The van der Waals surface area contributed by atoms with Gasteiger partial charge >= 0.3 is 0 Å². The molecule has 0 atom stereocenters. The molecule has 1 spiro atoms. The Bertz CT molecular complexity index is 1140. The fourth-order valence-electron chi connectivity index (χ4n) is 4.65. The molecule has 3 aromatic rings. The molecule has 0 saturated carbocycles. The Morgan fingerprint density at radius 1 is 1.09 bits per heavy atom. The van der Waals surface area contributed by atoms with Gasteiger partial charge in [-0.1, -0.05) is 5.16 Å². The molecule has 9 nitrogen and oxygen atoms in total. The van der Waals surface area contributed by atoms with Crippen LogP contribution in [0.2, 0.25) is 0 Å². The first-order chi connectivity index (χ1) is 15.5. The topological polar surface area (TPSA) is 99.2 Å². The zero-order valence-corrected chi connectivity index (χ0v) is 18.6. The average molecular weight is 437 g/mol. The number of aryl methyl sites for hydroxylation is 2. The third-order valence-electron chi connectivity index (χ3n) is 6.66. The van der Waals surface area contributed by atoms with Gasteiger partial charge in [-0.05, 0) is 58.1 Å². The smallest absolute Gasteiger partial charge is 0.269 e. The SMILES string of the molecule is Cc1ccc(-c2noc(C)c2Cn2ncc(N3CCC4(CCCCO4)CC3)cc2=O)nn1. The lowest BCUT2D eigenvalue weighted by atomic mass is 9.84. The van der Waals surface area contributed by atoms with E-state index in [9.17, 15) is 4.79 Å². The molecule has 168 valence electrons. The van der Waals surface area contributed by atoms with Crippen LogP contribution in [-0.2, 0) is 11.3 Å². The van der Waals surface area contributed by atoms with Crippen molar-refractivity contribution in [3.63, 3.8) is 0 Å². The van der Waals surface area contributed by atoms with Crippen LogP contribution >= 0.6 is 0 Å². The zero-order valence-electron chi connectivity index (χ0n) is 18.6. The summed E-state index contributed by atoms with van der Waals surface area (Å²) >= 11 is 0. The molecule has 3 aromatic heterocycles. The van der Waals surface area contributed by atoms with Gasteiger partial charge in [0.2, 0.25) is 0 Å². The highest BCUT2D eigenvalue weighted by atomic mass is 16.5. The number of aromatic nitrogens is 5. The van der Waals surface area contributed by atoms with Crippen molar-refractivity contribution < 1.29 is 9.26 Å². The molecule has 0 aromatic carbocycles. The highest BCUT2D eigenvalue weighted by molar-refractivity contribution is 5.58. The molecular weight excluding hydrogens is 408 g/mol. The fraction of sp³-hybridized carbons (Fsp3) is 0.522. The summed E-state index contributed by atoms with van der Waals surface area (Å²) in [6.07, 6.45) is 7.32. The van der Waals surface area contributed by atoms with Crippen LogP contribution in [0.15, 0.2) is 33.7 Å². The van der Waals surface area contributed by atoms with Gasteiger partial charge in [-0.3, -0.25) is 4.79 Å². The van der Waals surface area contributed by atoms with Crippen LogP contribution in [0.5, 0.6) is 0 Å². The summed E-state index contributed by atoms with van der Waals surface area (Å²) in [7, 11) is 0. The van der Waals surface area contributed by atoms with E-state index in [0.29, 0.717) is 17.1 Å². The van der Waals surface area contributed by atoms with E-state index in [1.165, 1.54) is 11.1 Å². The average Bonchev–Trinajstić information content (AvgIpc) is 3.17. The van der Waals surface area contributed by atoms with Crippen LogP contribution in [0.1, 0.15) is 49.1 Å². The summed E-state index contributed by atoms with van der Waals surface area (Å²) in [6, 6.07) is 5.39. The van der Waals surface area contributed by atoms with E-state index in [0.717, 1.165) is 62.3 Å². The Kier molecular flexibility index (Phi) is 5.50. The Labute approximate surface area is 186 Å². The monoisotopic (exact) mass is 436 g/mol. The quantitative estimate of drug-likeness (QED) is 0.616. The molecule has 0 bridgehead atoms. The van der Waals surface area contributed by atoms with E-state index in [1.54, 1.807) is 12.3 Å². The second-order valence-electron chi connectivity index (χ2n) is 8.81. The highest BCUT2D eigenvalue weighted by Gasteiger charge is 2.37. The van der Waals surface area contributed by atoms with Gasteiger partial charge in [-0.25, -0.2) is 4.68 Å². The lowest BCUT2D eigenvalue weighted by Gasteiger charge is -2.44. The predicted octanol–water partition coefficient (Wildman–Crippen LogP) is 2.89. The van der Waals surface area contributed by atoms with E-state index in [2.05, 4.69) is 25.4 Å². The van der Waals surface area contributed by atoms with E-state index in [1.807, 2.05) is 26.0 Å². The minimum atomic E-state index is -0.154. The van der Waals surface area contributed by atoms with Crippen LogP contribution in [0.4, 0.5) is 5.69 Å². The Hall–Kier alpha value is -3.07. The Morgan fingerprint density at radius 3 is 2.62 bits per heavy atom. The zero-order chi connectivity index (χ0) is 22.1. The number of piperidine rings is 1. The molecule has 0 amide bonds. The maximum Gasteiger partial charge on any atom is 0.269 e. The molecule has 5 rings (SSSR count). The Balaban J connectivity index is 1.32. The van der Waals surface area contributed by atoms with Crippen molar-refractivity contribution in [3.8, 4) is 11.4 Å². The van der Waals surface area contributed by atoms with Crippen LogP contribution in [0.25, 0.3) is 11.4 Å². The van der Waals surface area contributed by atoms with Crippen molar-refractivity contribution in [1.29, 1.82) is 0 Å². The van der Waals surface area contributed by atoms with Gasteiger partial charge in [0, 0.05) is 31.3 Å². The molecule has 2 aliphatic heterocycles. The molecule has 2 saturated heterocycles. The molecule has 0 unspecified atom stereocenters. The Morgan fingerprint density at radius 2 is 1.94 bits per heavy atom. The minimum absolute atomic E-state index is 0.0399. The van der Waals surface area contributed by atoms with Crippen LogP contribution < -0.4 is 10.5 Å². The third kappa shape index (κ3) is 4.04. The molecule has 5 heterocycles. The van der Waals surface area contributed by atoms with Crippen molar-refractivity contribution >= 4 is 5.69 Å². The number of ether oxygens (including phenoxy) is 1.